The number of aromatic nitrogens is 3. The van der Waals surface area contributed by atoms with Crippen molar-refractivity contribution in [3.63, 3.8) is 0 Å². The SMILES string of the molecule is CCCC(=O)N1CCc2nc(N)c(C#N)c(-c3cccc(Cn4cccn4)c3)c2C1. The standard InChI is InChI=1S/C23H24N6O/c1-2-5-21(30)28-11-8-20-19(15-28)22(18(13-24)23(25)27-20)17-7-3-6-16(12-17)14-29-10-4-9-26-29/h3-4,6-7,9-10,12H,2,5,8,11,14-15H2,1H3,(H2,25,27). The largest absolute Gasteiger partial charge is 0.383 e. The minimum absolute atomic E-state index is 0.136. The summed E-state index contributed by atoms with van der Waals surface area (Å²) < 4.78 is 1.85. The average molecular weight is 400 g/mol. The number of nitriles is 1. The summed E-state index contributed by atoms with van der Waals surface area (Å²) in [6.45, 7) is 3.72. The van der Waals surface area contributed by atoms with Crippen LogP contribution in [-0.4, -0.2) is 32.1 Å². The van der Waals surface area contributed by atoms with Crippen molar-refractivity contribution in [1.29, 1.82) is 5.26 Å². The van der Waals surface area contributed by atoms with Gasteiger partial charge in [-0.2, -0.15) is 10.4 Å². The summed E-state index contributed by atoms with van der Waals surface area (Å²) in [6.07, 6.45) is 5.64. The summed E-state index contributed by atoms with van der Waals surface area (Å²) in [7, 11) is 0. The second-order valence-electron chi connectivity index (χ2n) is 7.50. The van der Waals surface area contributed by atoms with Gasteiger partial charge in [-0.15, -0.1) is 0 Å². The maximum atomic E-state index is 12.5. The van der Waals surface area contributed by atoms with Gasteiger partial charge in [0.05, 0.1) is 12.2 Å². The monoisotopic (exact) mass is 400 g/mol. The molecule has 0 atom stereocenters. The lowest BCUT2D eigenvalue weighted by Crippen LogP contribution is -2.36. The fraction of sp³-hybridized carbons (Fsp3) is 0.304. The van der Waals surface area contributed by atoms with Gasteiger partial charge in [0, 0.05) is 49.5 Å². The molecule has 2 aromatic heterocycles. The molecule has 1 aliphatic rings. The van der Waals surface area contributed by atoms with Gasteiger partial charge in [-0.05, 0) is 29.7 Å². The number of nitrogens with two attached hydrogens (primary N) is 1. The minimum atomic E-state index is 0.136. The predicted octanol–water partition coefficient (Wildman–Crippen LogP) is 3.13. The molecule has 3 heterocycles. The molecular weight excluding hydrogens is 376 g/mol. The molecule has 2 N–H and O–H groups in total. The summed E-state index contributed by atoms with van der Waals surface area (Å²) in [5.41, 5.74) is 11.1. The number of benzene rings is 1. The number of carbonyl (C=O) groups excluding carboxylic acids is 1. The Hall–Kier alpha value is -3.66. The number of carbonyl (C=O) groups is 1. The molecule has 0 bridgehead atoms. The van der Waals surface area contributed by atoms with Gasteiger partial charge in [0.15, 0.2) is 0 Å². The van der Waals surface area contributed by atoms with E-state index in [1.165, 1.54) is 0 Å². The summed E-state index contributed by atoms with van der Waals surface area (Å²) in [6, 6.07) is 12.2. The maximum Gasteiger partial charge on any atom is 0.222 e. The number of amides is 1. The molecule has 1 aliphatic heterocycles. The van der Waals surface area contributed by atoms with E-state index in [-0.39, 0.29) is 11.7 Å². The summed E-state index contributed by atoms with van der Waals surface area (Å²) in [5.74, 6) is 0.383. The van der Waals surface area contributed by atoms with Crippen molar-refractivity contribution >= 4 is 11.7 Å². The molecule has 0 aliphatic carbocycles. The Bertz CT molecular complexity index is 1110. The highest BCUT2D eigenvalue weighted by Crippen LogP contribution is 2.35. The molecule has 1 amide bonds. The van der Waals surface area contributed by atoms with Crippen molar-refractivity contribution in [3.05, 3.63) is 65.1 Å². The molecule has 3 aromatic rings. The van der Waals surface area contributed by atoms with Crippen LogP contribution in [0.25, 0.3) is 11.1 Å². The highest BCUT2D eigenvalue weighted by atomic mass is 16.2. The zero-order chi connectivity index (χ0) is 21.1. The molecular formula is C23H24N6O. The van der Waals surface area contributed by atoms with Crippen LogP contribution in [0, 0.1) is 11.3 Å². The summed E-state index contributed by atoms with van der Waals surface area (Å²) in [4.78, 5) is 18.9. The first-order valence-electron chi connectivity index (χ1n) is 10.2. The molecule has 0 radical (unpaired) electrons. The lowest BCUT2D eigenvalue weighted by atomic mass is 9.90. The molecule has 7 nitrogen and oxygen atoms in total. The highest BCUT2D eigenvalue weighted by Gasteiger charge is 2.27. The van der Waals surface area contributed by atoms with Crippen molar-refractivity contribution in [2.45, 2.75) is 39.3 Å². The van der Waals surface area contributed by atoms with E-state index >= 15 is 0 Å². The fourth-order valence-electron chi connectivity index (χ4n) is 4.00. The van der Waals surface area contributed by atoms with Gasteiger partial charge < -0.3 is 10.6 Å². The van der Waals surface area contributed by atoms with Crippen LogP contribution in [0.5, 0.6) is 0 Å². The van der Waals surface area contributed by atoms with Crippen LogP contribution >= 0.6 is 0 Å². The minimum Gasteiger partial charge on any atom is -0.383 e. The van der Waals surface area contributed by atoms with Crippen LogP contribution in [0.2, 0.25) is 0 Å². The number of fused-ring (bicyclic) bond motifs is 1. The Labute approximate surface area is 175 Å². The molecule has 4 rings (SSSR count). The predicted molar refractivity (Wildman–Crippen MR) is 114 cm³/mol. The van der Waals surface area contributed by atoms with E-state index in [9.17, 15) is 10.1 Å². The zero-order valence-corrected chi connectivity index (χ0v) is 17.0. The van der Waals surface area contributed by atoms with Crippen LogP contribution in [-0.2, 0) is 24.3 Å². The first-order chi connectivity index (χ1) is 14.6. The van der Waals surface area contributed by atoms with Crippen LogP contribution in [0.3, 0.4) is 0 Å². The van der Waals surface area contributed by atoms with Crippen molar-refractivity contribution < 1.29 is 4.79 Å². The normalized spacial score (nSPS) is 13.0. The maximum absolute atomic E-state index is 12.5. The second-order valence-corrected chi connectivity index (χ2v) is 7.50. The molecule has 30 heavy (non-hydrogen) atoms. The Kier molecular flexibility index (Phi) is 5.48. The van der Waals surface area contributed by atoms with Gasteiger partial charge in [0.25, 0.3) is 0 Å². The number of anilines is 1. The van der Waals surface area contributed by atoms with Crippen LogP contribution < -0.4 is 5.73 Å². The van der Waals surface area contributed by atoms with E-state index in [1.807, 2.05) is 47.0 Å². The summed E-state index contributed by atoms with van der Waals surface area (Å²) in [5, 5.41) is 14.1. The second kappa shape index (κ2) is 8.37. The molecule has 0 saturated carbocycles. The lowest BCUT2D eigenvalue weighted by molar-refractivity contribution is -0.132. The molecule has 0 spiro atoms. The number of hydrogen-bond donors (Lipinski definition) is 1. The van der Waals surface area contributed by atoms with Gasteiger partial charge >= 0.3 is 0 Å². The lowest BCUT2D eigenvalue weighted by Gasteiger charge is -2.30. The Morgan fingerprint density at radius 2 is 2.20 bits per heavy atom. The number of hydrogen-bond acceptors (Lipinski definition) is 5. The van der Waals surface area contributed by atoms with Crippen LogP contribution in [0.15, 0.2) is 42.7 Å². The third-order valence-electron chi connectivity index (χ3n) is 5.43. The molecule has 0 unspecified atom stereocenters. The molecule has 7 heteroatoms. The number of pyridine rings is 1. The number of rotatable bonds is 5. The zero-order valence-electron chi connectivity index (χ0n) is 17.0. The Morgan fingerprint density at radius 3 is 2.93 bits per heavy atom. The van der Waals surface area contributed by atoms with Crippen molar-refractivity contribution in [2.75, 3.05) is 12.3 Å². The van der Waals surface area contributed by atoms with E-state index in [2.05, 4.69) is 22.2 Å². The summed E-state index contributed by atoms with van der Waals surface area (Å²) >= 11 is 0. The number of nitrogen functional groups attached to an aromatic ring is 1. The third kappa shape index (κ3) is 3.77. The first-order valence-corrected chi connectivity index (χ1v) is 10.2. The molecule has 1 aromatic carbocycles. The molecule has 0 fully saturated rings. The van der Waals surface area contributed by atoms with Gasteiger partial charge in [0.1, 0.15) is 17.5 Å². The van der Waals surface area contributed by atoms with E-state index in [0.717, 1.165) is 34.4 Å². The van der Waals surface area contributed by atoms with Gasteiger partial charge in [-0.1, -0.05) is 25.1 Å². The van der Waals surface area contributed by atoms with Gasteiger partial charge in [0.2, 0.25) is 5.91 Å². The van der Waals surface area contributed by atoms with E-state index in [0.29, 0.717) is 38.0 Å². The van der Waals surface area contributed by atoms with E-state index in [4.69, 9.17) is 5.73 Å². The van der Waals surface area contributed by atoms with Crippen molar-refractivity contribution in [3.8, 4) is 17.2 Å². The van der Waals surface area contributed by atoms with Crippen molar-refractivity contribution in [1.82, 2.24) is 19.7 Å². The number of nitrogens with zero attached hydrogens (tertiary/aromatic N) is 5. The average Bonchev–Trinajstić information content (AvgIpc) is 3.25. The van der Waals surface area contributed by atoms with E-state index < -0.39 is 0 Å². The van der Waals surface area contributed by atoms with E-state index in [1.54, 1.807) is 6.20 Å². The Balaban J connectivity index is 1.79. The smallest absolute Gasteiger partial charge is 0.222 e. The molecule has 152 valence electrons. The van der Waals surface area contributed by atoms with Crippen molar-refractivity contribution in [2.24, 2.45) is 0 Å². The third-order valence-corrected chi connectivity index (χ3v) is 5.43. The topological polar surface area (TPSA) is 101 Å². The first kappa shape index (κ1) is 19.6. The van der Waals surface area contributed by atoms with Gasteiger partial charge in [-0.25, -0.2) is 4.98 Å². The Morgan fingerprint density at radius 1 is 1.33 bits per heavy atom. The van der Waals surface area contributed by atoms with Crippen LogP contribution in [0.1, 0.15) is 42.1 Å². The van der Waals surface area contributed by atoms with Gasteiger partial charge in [-0.3, -0.25) is 9.48 Å². The van der Waals surface area contributed by atoms with Crippen LogP contribution in [0.4, 0.5) is 5.82 Å². The fourth-order valence-corrected chi connectivity index (χ4v) is 4.00. The highest BCUT2D eigenvalue weighted by molar-refractivity contribution is 5.81. The molecule has 0 saturated heterocycles. The quantitative estimate of drug-likeness (QED) is 0.709.